The van der Waals surface area contributed by atoms with Gasteiger partial charge in [-0.2, -0.15) is 0 Å². The minimum Gasteiger partial charge on any atom is -0.461 e. The molecule has 0 aliphatic rings. The molecule has 0 radical (unpaired) electrons. The molecule has 1 heterocycles. The van der Waals surface area contributed by atoms with Gasteiger partial charge >= 0.3 is 0 Å². The second-order valence-electron chi connectivity index (χ2n) is 3.80. The molecular weight excluding hydrogens is 268 g/mol. The van der Waals surface area contributed by atoms with Crippen LogP contribution in [-0.4, -0.2) is 11.2 Å². The molecule has 16 heavy (non-hydrogen) atoms. The topological polar surface area (TPSA) is 33.4 Å². The van der Waals surface area contributed by atoms with E-state index in [1.165, 1.54) is 0 Å². The number of benzene rings is 1. The van der Waals surface area contributed by atoms with Crippen molar-refractivity contribution in [3.8, 4) is 11.3 Å². The molecule has 84 valence electrons. The molecule has 0 bridgehead atoms. The zero-order valence-corrected chi connectivity index (χ0v) is 10.6. The number of hydrogen-bond acceptors (Lipinski definition) is 2. The monoisotopic (exact) mass is 280 g/mol. The third-order valence-electron chi connectivity index (χ3n) is 2.30. The lowest BCUT2D eigenvalue weighted by molar-refractivity contribution is 0.187. The van der Waals surface area contributed by atoms with Crippen LogP contribution in [0.2, 0.25) is 0 Å². The molecule has 0 fully saturated rings. The van der Waals surface area contributed by atoms with Crippen LogP contribution in [0.5, 0.6) is 0 Å². The molecule has 2 aromatic rings. The number of halogens is 1. The van der Waals surface area contributed by atoms with Gasteiger partial charge in [0.1, 0.15) is 11.5 Å². The van der Waals surface area contributed by atoms with Crippen molar-refractivity contribution >= 4 is 15.9 Å². The zero-order chi connectivity index (χ0) is 11.5. The Balaban J connectivity index is 2.28. The summed E-state index contributed by atoms with van der Waals surface area (Å²) in [6.07, 6.45) is 0.169. The molecule has 1 atom stereocenters. The van der Waals surface area contributed by atoms with Crippen LogP contribution in [0.15, 0.2) is 45.3 Å². The first-order chi connectivity index (χ1) is 7.66. The number of furan rings is 1. The molecule has 1 aromatic carbocycles. The highest BCUT2D eigenvalue weighted by Gasteiger charge is 2.08. The summed E-state index contributed by atoms with van der Waals surface area (Å²) in [7, 11) is 0. The van der Waals surface area contributed by atoms with Gasteiger partial charge in [-0.3, -0.25) is 0 Å². The highest BCUT2D eigenvalue weighted by atomic mass is 79.9. The third kappa shape index (κ3) is 2.54. The van der Waals surface area contributed by atoms with E-state index in [0.29, 0.717) is 6.42 Å². The fourth-order valence-electron chi connectivity index (χ4n) is 1.58. The Hall–Kier alpha value is -1.06. The maximum absolute atomic E-state index is 9.27. The largest absolute Gasteiger partial charge is 0.461 e. The van der Waals surface area contributed by atoms with E-state index in [9.17, 15) is 5.11 Å². The standard InChI is InChI=1S/C13H13BrO2/c1-9(15)8-10-6-7-13(16-10)11-4-2-3-5-12(11)14/h2-7,9,15H,8H2,1H3. The van der Waals surface area contributed by atoms with E-state index in [1.807, 2.05) is 36.4 Å². The minimum atomic E-state index is -0.377. The van der Waals surface area contributed by atoms with Crippen molar-refractivity contribution in [3.05, 3.63) is 46.6 Å². The summed E-state index contributed by atoms with van der Waals surface area (Å²) in [5, 5.41) is 9.27. The third-order valence-corrected chi connectivity index (χ3v) is 2.99. The first kappa shape index (κ1) is 11.4. The van der Waals surface area contributed by atoms with Crippen molar-refractivity contribution in [2.75, 3.05) is 0 Å². The van der Waals surface area contributed by atoms with Crippen molar-refractivity contribution in [2.24, 2.45) is 0 Å². The highest BCUT2D eigenvalue weighted by Crippen LogP contribution is 2.29. The van der Waals surface area contributed by atoms with E-state index >= 15 is 0 Å². The smallest absolute Gasteiger partial charge is 0.135 e. The lowest BCUT2D eigenvalue weighted by Crippen LogP contribution is -2.02. The van der Waals surface area contributed by atoms with Gasteiger partial charge in [0.05, 0.1) is 6.10 Å². The van der Waals surface area contributed by atoms with Gasteiger partial charge < -0.3 is 9.52 Å². The lowest BCUT2D eigenvalue weighted by atomic mass is 10.2. The molecular formula is C13H13BrO2. The molecule has 1 aromatic heterocycles. The van der Waals surface area contributed by atoms with Gasteiger partial charge in [-0.25, -0.2) is 0 Å². The van der Waals surface area contributed by atoms with Crippen LogP contribution in [0.4, 0.5) is 0 Å². The van der Waals surface area contributed by atoms with Gasteiger partial charge in [0.15, 0.2) is 0 Å². The number of rotatable bonds is 3. The van der Waals surface area contributed by atoms with Gasteiger partial charge in [-0.15, -0.1) is 0 Å². The molecule has 3 heteroatoms. The van der Waals surface area contributed by atoms with Crippen LogP contribution < -0.4 is 0 Å². The van der Waals surface area contributed by atoms with Gasteiger partial charge in [0.25, 0.3) is 0 Å². The predicted octanol–water partition coefficient (Wildman–Crippen LogP) is 3.63. The Labute approximate surface area is 103 Å². The van der Waals surface area contributed by atoms with Crippen molar-refractivity contribution in [3.63, 3.8) is 0 Å². The Kier molecular flexibility index (Phi) is 3.46. The molecule has 0 saturated heterocycles. The molecule has 2 rings (SSSR count). The summed E-state index contributed by atoms with van der Waals surface area (Å²) in [6.45, 7) is 1.75. The SMILES string of the molecule is CC(O)Cc1ccc(-c2ccccc2Br)o1. The Morgan fingerprint density at radius 1 is 1.25 bits per heavy atom. The summed E-state index contributed by atoms with van der Waals surface area (Å²) in [5.41, 5.74) is 1.03. The van der Waals surface area contributed by atoms with Gasteiger partial charge in [0.2, 0.25) is 0 Å². The Morgan fingerprint density at radius 3 is 2.69 bits per heavy atom. The van der Waals surface area contributed by atoms with Crippen molar-refractivity contribution in [1.29, 1.82) is 0 Å². The lowest BCUT2D eigenvalue weighted by Gasteiger charge is -2.01. The van der Waals surface area contributed by atoms with E-state index < -0.39 is 0 Å². The number of aliphatic hydroxyl groups is 1. The summed E-state index contributed by atoms with van der Waals surface area (Å²) < 4.78 is 6.68. The molecule has 0 aliphatic heterocycles. The molecule has 0 saturated carbocycles. The minimum absolute atomic E-state index is 0.377. The average molecular weight is 281 g/mol. The second kappa shape index (κ2) is 4.85. The average Bonchev–Trinajstić information content (AvgIpc) is 2.66. The highest BCUT2D eigenvalue weighted by molar-refractivity contribution is 9.10. The fraction of sp³-hybridized carbons (Fsp3) is 0.231. The van der Waals surface area contributed by atoms with Crippen molar-refractivity contribution < 1.29 is 9.52 Å². The number of aliphatic hydroxyl groups excluding tert-OH is 1. The number of hydrogen-bond donors (Lipinski definition) is 1. The van der Waals surface area contributed by atoms with Crippen LogP contribution in [0.3, 0.4) is 0 Å². The molecule has 0 spiro atoms. The van der Waals surface area contributed by atoms with E-state index in [2.05, 4.69) is 15.9 Å². The normalized spacial score (nSPS) is 12.7. The summed E-state index contributed by atoms with van der Waals surface area (Å²) in [4.78, 5) is 0. The molecule has 1 N–H and O–H groups in total. The fourth-order valence-corrected chi connectivity index (χ4v) is 2.06. The maximum Gasteiger partial charge on any atom is 0.135 e. The van der Waals surface area contributed by atoms with E-state index in [4.69, 9.17) is 4.42 Å². The van der Waals surface area contributed by atoms with Gasteiger partial charge in [-0.05, 0) is 25.1 Å². The maximum atomic E-state index is 9.27. The van der Waals surface area contributed by atoms with Crippen LogP contribution >= 0.6 is 15.9 Å². The zero-order valence-electron chi connectivity index (χ0n) is 8.98. The van der Waals surface area contributed by atoms with Crippen LogP contribution in [0.1, 0.15) is 12.7 Å². The summed E-state index contributed by atoms with van der Waals surface area (Å²) in [6, 6.07) is 11.7. The first-order valence-electron chi connectivity index (χ1n) is 5.18. The van der Waals surface area contributed by atoms with Crippen LogP contribution in [0, 0.1) is 0 Å². The van der Waals surface area contributed by atoms with Gasteiger partial charge in [0, 0.05) is 16.5 Å². The molecule has 0 amide bonds. The second-order valence-corrected chi connectivity index (χ2v) is 4.65. The summed E-state index contributed by atoms with van der Waals surface area (Å²) in [5.74, 6) is 1.63. The van der Waals surface area contributed by atoms with E-state index in [1.54, 1.807) is 6.92 Å². The quantitative estimate of drug-likeness (QED) is 0.932. The molecule has 2 nitrogen and oxygen atoms in total. The predicted molar refractivity (Wildman–Crippen MR) is 67.2 cm³/mol. The Morgan fingerprint density at radius 2 is 2.00 bits per heavy atom. The van der Waals surface area contributed by atoms with E-state index in [0.717, 1.165) is 21.6 Å². The van der Waals surface area contributed by atoms with E-state index in [-0.39, 0.29) is 6.10 Å². The van der Waals surface area contributed by atoms with Crippen LogP contribution in [-0.2, 0) is 6.42 Å². The Bertz CT molecular complexity index is 474. The van der Waals surface area contributed by atoms with Crippen molar-refractivity contribution in [2.45, 2.75) is 19.4 Å². The van der Waals surface area contributed by atoms with Gasteiger partial charge in [-0.1, -0.05) is 34.1 Å². The summed E-state index contributed by atoms with van der Waals surface area (Å²) >= 11 is 3.48. The molecule has 0 aliphatic carbocycles. The molecule has 1 unspecified atom stereocenters. The first-order valence-corrected chi connectivity index (χ1v) is 5.98. The van der Waals surface area contributed by atoms with Crippen LogP contribution in [0.25, 0.3) is 11.3 Å². The van der Waals surface area contributed by atoms with Crippen molar-refractivity contribution in [1.82, 2.24) is 0 Å².